The van der Waals surface area contributed by atoms with Crippen molar-refractivity contribution in [1.82, 2.24) is 14.3 Å². The predicted molar refractivity (Wildman–Crippen MR) is 90.8 cm³/mol. The molecule has 2 heterocycles. The van der Waals surface area contributed by atoms with Crippen LogP contribution in [0.5, 0.6) is 0 Å². The number of amides is 1. The molecule has 0 saturated heterocycles. The number of nitrogens with two attached hydrogens (primary N) is 1. The Morgan fingerprint density at radius 2 is 2.38 bits per heavy atom. The second-order valence-corrected chi connectivity index (χ2v) is 6.61. The van der Waals surface area contributed by atoms with E-state index in [0.717, 1.165) is 23.5 Å². The Morgan fingerprint density at radius 1 is 1.58 bits per heavy atom. The van der Waals surface area contributed by atoms with Gasteiger partial charge in [-0.2, -0.15) is 9.64 Å². The molecule has 1 aliphatic rings. The number of carbonyl (C=O) groups is 1. The molecule has 1 aliphatic carbocycles. The highest BCUT2D eigenvalue weighted by Gasteiger charge is 2.28. The third kappa shape index (κ3) is 3.97. The van der Waals surface area contributed by atoms with E-state index in [1.165, 1.54) is 17.7 Å². The maximum absolute atomic E-state index is 11.6. The van der Waals surface area contributed by atoms with Gasteiger partial charge in [-0.15, -0.1) is 0 Å². The summed E-state index contributed by atoms with van der Waals surface area (Å²) < 4.78 is 4.17. The van der Waals surface area contributed by atoms with Gasteiger partial charge in [-0.1, -0.05) is 12.8 Å². The molecule has 1 amide bonds. The molecule has 0 aromatic carbocycles. The molecule has 9 heteroatoms. The highest BCUT2D eigenvalue weighted by Crippen LogP contribution is 2.34. The van der Waals surface area contributed by atoms with Gasteiger partial charge in [0, 0.05) is 0 Å². The Balaban J connectivity index is 1.79. The molecule has 1 unspecified atom stereocenters. The maximum atomic E-state index is 11.6. The van der Waals surface area contributed by atoms with Crippen LogP contribution in [0.15, 0.2) is 12.3 Å². The molecule has 0 bridgehead atoms. The van der Waals surface area contributed by atoms with Crippen molar-refractivity contribution in [2.75, 3.05) is 10.6 Å². The van der Waals surface area contributed by atoms with E-state index in [1.54, 1.807) is 0 Å². The standard InChI is InChI=1S/C15H17N7OS/c1-8-4-13(24-22-8)21-15-11(6-16)18-7-12(20-15)19-10(14(17)23)5-9-2-3-9/h4,7,9-10H,2-3,5H2,1H3,(H2,17,23)(H2,19,20,21). The fraction of sp³-hybridized carbons (Fsp3) is 0.400. The quantitative estimate of drug-likeness (QED) is 0.700. The van der Waals surface area contributed by atoms with Crippen molar-refractivity contribution in [3.05, 3.63) is 23.7 Å². The van der Waals surface area contributed by atoms with E-state index in [4.69, 9.17) is 5.73 Å². The predicted octanol–water partition coefficient (Wildman–Crippen LogP) is 1.92. The lowest BCUT2D eigenvalue weighted by molar-refractivity contribution is -0.118. The molecule has 2 aromatic heterocycles. The first kappa shape index (κ1) is 16.1. The molecule has 24 heavy (non-hydrogen) atoms. The van der Waals surface area contributed by atoms with Crippen molar-refractivity contribution in [2.24, 2.45) is 11.7 Å². The first-order valence-corrected chi connectivity index (χ1v) is 8.36. The van der Waals surface area contributed by atoms with Crippen LogP contribution in [0.1, 0.15) is 30.7 Å². The van der Waals surface area contributed by atoms with Crippen LogP contribution in [0.4, 0.5) is 16.6 Å². The summed E-state index contributed by atoms with van der Waals surface area (Å²) >= 11 is 1.27. The molecule has 1 saturated carbocycles. The summed E-state index contributed by atoms with van der Waals surface area (Å²) in [4.78, 5) is 20.1. The number of nitrogens with one attached hydrogen (secondary N) is 2. The lowest BCUT2D eigenvalue weighted by Crippen LogP contribution is -2.36. The highest BCUT2D eigenvalue weighted by atomic mass is 32.1. The van der Waals surface area contributed by atoms with Gasteiger partial charge in [0.05, 0.1) is 11.9 Å². The highest BCUT2D eigenvalue weighted by molar-refractivity contribution is 7.10. The van der Waals surface area contributed by atoms with Crippen LogP contribution in [0.3, 0.4) is 0 Å². The van der Waals surface area contributed by atoms with Crippen molar-refractivity contribution >= 4 is 34.1 Å². The zero-order valence-electron chi connectivity index (χ0n) is 13.1. The first-order chi connectivity index (χ1) is 11.5. The molecule has 8 nitrogen and oxygen atoms in total. The van der Waals surface area contributed by atoms with Crippen molar-refractivity contribution < 1.29 is 4.79 Å². The lowest BCUT2D eigenvalue weighted by Gasteiger charge is -2.16. The van der Waals surface area contributed by atoms with Crippen LogP contribution < -0.4 is 16.4 Å². The van der Waals surface area contributed by atoms with Crippen LogP contribution >= 0.6 is 11.5 Å². The number of aromatic nitrogens is 3. The number of nitriles is 1. The average molecular weight is 343 g/mol. The summed E-state index contributed by atoms with van der Waals surface area (Å²) in [7, 11) is 0. The van der Waals surface area contributed by atoms with Gasteiger partial charge >= 0.3 is 0 Å². The molecule has 0 radical (unpaired) electrons. The van der Waals surface area contributed by atoms with Gasteiger partial charge in [0.2, 0.25) is 5.91 Å². The van der Waals surface area contributed by atoms with E-state index >= 15 is 0 Å². The van der Waals surface area contributed by atoms with Crippen LogP contribution in [0.2, 0.25) is 0 Å². The smallest absolute Gasteiger partial charge is 0.239 e. The van der Waals surface area contributed by atoms with Crippen molar-refractivity contribution in [3.63, 3.8) is 0 Å². The van der Waals surface area contributed by atoms with E-state index in [1.807, 2.05) is 19.1 Å². The van der Waals surface area contributed by atoms with Gasteiger partial charge in [-0.05, 0) is 36.9 Å². The van der Waals surface area contributed by atoms with E-state index in [0.29, 0.717) is 24.0 Å². The van der Waals surface area contributed by atoms with E-state index in [-0.39, 0.29) is 5.69 Å². The van der Waals surface area contributed by atoms with Crippen molar-refractivity contribution in [3.8, 4) is 6.07 Å². The Labute approximate surface area is 143 Å². The largest absolute Gasteiger partial charge is 0.368 e. The molecular formula is C15H17N7OS. The van der Waals surface area contributed by atoms with Gasteiger partial charge in [0.1, 0.15) is 22.9 Å². The van der Waals surface area contributed by atoms with Gasteiger partial charge in [0.15, 0.2) is 11.5 Å². The summed E-state index contributed by atoms with van der Waals surface area (Å²) in [5.74, 6) is 0.850. The summed E-state index contributed by atoms with van der Waals surface area (Å²) in [5.41, 5.74) is 6.50. The SMILES string of the molecule is Cc1cc(Nc2nc(NC(CC3CC3)C(N)=O)cnc2C#N)sn1. The topological polar surface area (TPSA) is 130 Å². The minimum atomic E-state index is -0.488. The van der Waals surface area contributed by atoms with Gasteiger partial charge in [-0.3, -0.25) is 4.79 Å². The first-order valence-electron chi connectivity index (χ1n) is 7.58. The second kappa shape index (κ2) is 6.80. The average Bonchev–Trinajstić information content (AvgIpc) is 3.28. The fourth-order valence-electron chi connectivity index (χ4n) is 2.28. The summed E-state index contributed by atoms with van der Waals surface area (Å²) in [6.45, 7) is 1.88. The van der Waals surface area contributed by atoms with Crippen LogP contribution in [-0.4, -0.2) is 26.3 Å². The molecule has 1 atom stereocenters. The zero-order chi connectivity index (χ0) is 17.1. The Bertz CT molecular complexity index is 793. The Kier molecular flexibility index (Phi) is 4.57. The molecule has 4 N–H and O–H groups in total. The monoisotopic (exact) mass is 343 g/mol. The molecule has 124 valence electrons. The fourth-order valence-corrected chi connectivity index (χ4v) is 2.94. The normalized spacial score (nSPS) is 14.7. The molecular weight excluding hydrogens is 326 g/mol. The van der Waals surface area contributed by atoms with E-state index < -0.39 is 11.9 Å². The number of hydrogen-bond donors (Lipinski definition) is 3. The molecule has 1 fully saturated rings. The summed E-state index contributed by atoms with van der Waals surface area (Å²) in [6, 6.07) is 3.36. The number of hydrogen-bond acceptors (Lipinski definition) is 8. The lowest BCUT2D eigenvalue weighted by atomic mass is 10.1. The Hall–Kier alpha value is -2.73. The molecule has 3 rings (SSSR count). The number of aryl methyl sites for hydroxylation is 1. The minimum absolute atomic E-state index is 0.171. The summed E-state index contributed by atoms with van der Waals surface area (Å²) in [6.07, 6.45) is 4.38. The third-order valence-electron chi connectivity index (χ3n) is 3.68. The molecule has 2 aromatic rings. The van der Waals surface area contributed by atoms with E-state index in [2.05, 4.69) is 25.0 Å². The van der Waals surface area contributed by atoms with E-state index in [9.17, 15) is 10.1 Å². The number of anilines is 3. The maximum Gasteiger partial charge on any atom is 0.239 e. The van der Waals surface area contributed by atoms with Crippen LogP contribution in [0, 0.1) is 24.2 Å². The summed E-state index contributed by atoms with van der Waals surface area (Å²) in [5, 5.41) is 16.0. The number of rotatable bonds is 7. The number of primary amides is 1. The molecule has 0 spiro atoms. The minimum Gasteiger partial charge on any atom is -0.368 e. The zero-order valence-corrected chi connectivity index (χ0v) is 13.9. The van der Waals surface area contributed by atoms with Gasteiger partial charge < -0.3 is 16.4 Å². The number of carbonyl (C=O) groups excluding carboxylic acids is 1. The van der Waals surface area contributed by atoms with Crippen LogP contribution in [-0.2, 0) is 4.79 Å². The Morgan fingerprint density at radius 3 is 2.96 bits per heavy atom. The third-order valence-corrected chi connectivity index (χ3v) is 4.48. The van der Waals surface area contributed by atoms with Crippen molar-refractivity contribution in [2.45, 2.75) is 32.2 Å². The van der Waals surface area contributed by atoms with Gasteiger partial charge in [0.25, 0.3) is 0 Å². The number of nitrogens with zero attached hydrogens (tertiary/aromatic N) is 4. The second-order valence-electron chi connectivity index (χ2n) is 5.80. The molecule has 0 aliphatic heterocycles. The van der Waals surface area contributed by atoms with Gasteiger partial charge in [-0.25, -0.2) is 9.97 Å². The van der Waals surface area contributed by atoms with Crippen molar-refractivity contribution in [1.29, 1.82) is 5.26 Å². The van der Waals surface area contributed by atoms with Crippen LogP contribution in [0.25, 0.3) is 0 Å².